The van der Waals surface area contributed by atoms with Crippen molar-refractivity contribution < 1.29 is 5.11 Å². The summed E-state index contributed by atoms with van der Waals surface area (Å²) in [7, 11) is 0. The van der Waals surface area contributed by atoms with Gasteiger partial charge in [0, 0.05) is 32.0 Å². The highest BCUT2D eigenvalue weighted by molar-refractivity contribution is 5.06. The maximum atomic E-state index is 10.1. The topological polar surface area (TPSA) is 49.2 Å². The number of aromatic nitrogens is 2. The summed E-state index contributed by atoms with van der Waals surface area (Å²) >= 11 is 0. The van der Waals surface area contributed by atoms with Crippen LogP contribution >= 0.6 is 0 Å². The van der Waals surface area contributed by atoms with E-state index in [2.05, 4.69) is 14.9 Å². The van der Waals surface area contributed by atoms with E-state index >= 15 is 0 Å². The van der Waals surface area contributed by atoms with Crippen molar-refractivity contribution in [1.82, 2.24) is 14.9 Å². The third-order valence-electron chi connectivity index (χ3n) is 2.83. The summed E-state index contributed by atoms with van der Waals surface area (Å²) in [5.41, 5.74) is 1.24. The van der Waals surface area contributed by atoms with Crippen molar-refractivity contribution in [1.29, 1.82) is 0 Å². The van der Waals surface area contributed by atoms with Gasteiger partial charge in [-0.3, -0.25) is 14.9 Å². The molecule has 2 rings (SSSR count). The molecule has 0 aliphatic carbocycles. The molecular weight excluding hydrogens is 250 g/mol. The molecule has 0 aliphatic rings. The van der Waals surface area contributed by atoms with Crippen molar-refractivity contribution in [3.63, 3.8) is 0 Å². The molecule has 0 aromatic carbocycles. The number of hydrogen-bond donors (Lipinski definition) is 1. The van der Waals surface area contributed by atoms with Gasteiger partial charge < -0.3 is 5.11 Å². The lowest BCUT2D eigenvalue weighted by molar-refractivity contribution is 0.0299. The highest BCUT2D eigenvalue weighted by Crippen LogP contribution is 2.12. The van der Waals surface area contributed by atoms with E-state index in [0.29, 0.717) is 19.6 Å². The molecule has 106 valence electrons. The first-order valence-corrected chi connectivity index (χ1v) is 6.77. The van der Waals surface area contributed by atoms with Gasteiger partial charge in [0.1, 0.15) is 0 Å². The van der Waals surface area contributed by atoms with Crippen LogP contribution in [0.4, 0.5) is 0 Å². The lowest BCUT2D eigenvalue weighted by atomic mass is 10.1. The van der Waals surface area contributed by atoms with Gasteiger partial charge in [-0.25, -0.2) is 0 Å². The molecule has 0 amide bonds. The van der Waals surface area contributed by atoms with E-state index < -0.39 is 5.60 Å². The van der Waals surface area contributed by atoms with Crippen molar-refractivity contribution >= 4 is 0 Å². The van der Waals surface area contributed by atoms with Crippen molar-refractivity contribution in [3.8, 4) is 0 Å². The number of pyridine rings is 2. The Morgan fingerprint density at radius 1 is 0.950 bits per heavy atom. The maximum Gasteiger partial charge on any atom is 0.0718 e. The van der Waals surface area contributed by atoms with E-state index in [1.165, 1.54) is 0 Å². The van der Waals surface area contributed by atoms with Crippen molar-refractivity contribution in [2.45, 2.75) is 32.5 Å². The molecule has 0 fully saturated rings. The zero-order valence-electron chi connectivity index (χ0n) is 12.0. The average molecular weight is 271 g/mol. The zero-order chi connectivity index (χ0) is 14.4. The molecular formula is C16H21N3O. The molecule has 0 saturated heterocycles. The number of rotatable bonds is 6. The Morgan fingerprint density at radius 2 is 1.45 bits per heavy atom. The number of hydrogen-bond acceptors (Lipinski definition) is 4. The predicted molar refractivity (Wildman–Crippen MR) is 78.9 cm³/mol. The van der Waals surface area contributed by atoms with Crippen LogP contribution in [0.3, 0.4) is 0 Å². The van der Waals surface area contributed by atoms with Crippen LogP contribution in [0, 0.1) is 0 Å². The first-order valence-electron chi connectivity index (χ1n) is 6.77. The van der Waals surface area contributed by atoms with Crippen LogP contribution in [0.1, 0.15) is 25.2 Å². The normalized spacial score (nSPS) is 11.8. The SMILES string of the molecule is CC(C)(O)CN(Cc1ccccn1)Cc1ccccn1. The Balaban J connectivity index is 2.08. The van der Waals surface area contributed by atoms with E-state index in [4.69, 9.17) is 0 Å². The van der Waals surface area contributed by atoms with E-state index in [1.807, 2.05) is 50.2 Å². The summed E-state index contributed by atoms with van der Waals surface area (Å²) in [5, 5.41) is 10.1. The fourth-order valence-corrected chi connectivity index (χ4v) is 2.16. The van der Waals surface area contributed by atoms with Crippen molar-refractivity contribution in [2.75, 3.05) is 6.54 Å². The fraction of sp³-hybridized carbons (Fsp3) is 0.375. The molecule has 0 bridgehead atoms. The van der Waals surface area contributed by atoms with Gasteiger partial charge in [-0.15, -0.1) is 0 Å². The van der Waals surface area contributed by atoms with Crippen molar-refractivity contribution in [2.24, 2.45) is 0 Å². The Kier molecular flexibility index (Phi) is 4.82. The van der Waals surface area contributed by atoms with E-state index in [0.717, 1.165) is 11.4 Å². The highest BCUT2D eigenvalue weighted by atomic mass is 16.3. The Labute approximate surface area is 120 Å². The van der Waals surface area contributed by atoms with Crippen LogP contribution in [-0.4, -0.2) is 32.1 Å². The van der Waals surface area contributed by atoms with Crippen LogP contribution in [0.2, 0.25) is 0 Å². The minimum Gasteiger partial charge on any atom is -0.389 e. The fourth-order valence-electron chi connectivity index (χ4n) is 2.16. The van der Waals surface area contributed by atoms with Crippen molar-refractivity contribution in [3.05, 3.63) is 60.2 Å². The summed E-state index contributed by atoms with van der Waals surface area (Å²) in [5.74, 6) is 0. The Hall–Kier alpha value is -1.78. The van der Waals surface area contributed by atoms with Gasteiger partial charge >= 0.3 is 0 Å². The molecule has 1 N–H and O–H groups in total. The summed E-state index contributed by atoms with van der Waals surface area (Å²) in [6.45, 7) is 5.59. The summed E-state index contributed by atoms with van der Waals surface area (Å²) in [6.07, 6.45) is 3.58. The minimum absolute atomic E-state index is 0.570. The second-order valence-electron chi connectivity index (χ2n) is 5.60. The molecule has 4 nitrogen and oxygen atoms in total. The molecule has 2 heterocycles. The van der Waals surface area contributed by atoms with E-state index in [9.17, 15) is 5.11 Å². The van der Waals surface area contributed by atoms with E-state index in [1.54, 1.807) is 12.4 Å². The number of aliphatic hydroxyl groups is 1. The van der Waals surface area contributed by atoms with E-state index in [-0.39, 0.29) is 0 Å². The second kappa shape index (κ2) is 6.59. The second-order valence-corrected chi connectivity index (χ2v) is 5.60. The van der Waals surface area contributed by atoms with Crippen LogP contribution < -0.4 is 0 Å². The third kappa shape index (κ3) is 5.07. The first-order chi connectivity index (χ1) is 9.53. The van der Waals surface area contributed by atoms with Gasteiger partial charge in [0.25, 0.3) is 0 Å². The molecule has 0 atom stereocenters. The largest absolute Gasteiger partial charge is 0.389 e. The first kappa shape index (κ1) is 14.6. The van der Waals surface area contributed by atoms with Gasteiger partial charge in [-0.05, 0) is 38.1 Å². The monoisotopic (exact) mass is 271 g/mol. The Morgan fingerprint density at radius 3 is 1.80 bits per heavy atom. The lowest BCUT2D eigenvalue weighted by Gasteiger charge is -2.28. The summed E-state index contributed by atoms with van der Waals surface area (Å²) in [6, 6.07) is 11.8. The molecule has 0 aliphatic heterocycles. The van der Waals surface area contributed by atoms with Gasteiger partial charge in [0.2, 0.25) is 0 Å². The number of nitrogens with zero attached hydrogens (tertiary/aromatic N) is 3. The molecule has 0 radical (unpaired) electrons. The molecule has 2 aromatic heterocycles. The minimum atomic E-state index is -0.746. The molecule has 0 spiro atoms. The molecule has 0 saturated carbocycles. The Bertz CT molecular complexity index is 467. The molecule has 2 aromatic rings. The highest BCUT2D eigenvalue weighted by Gasteiger charge is 2.19. The smallest absolute Gasteiger partial charge is 0.0718 e. The van der Waals surface area contributed by atoms with Crippen LogP contribution in [0.15, 0.2) is 48.8 Å². The quantitative estimate of drug-likeness (QED) is 0.875. The summed E-state index contributed by atoms with van der Waals surface area (Å²) in [4.78, 5) is 10.9. The standard InChI is InChI=1S/C16H21N3O/c1-16(2,20)13-19(11-14-7-3-5-9-17-14)12-15-8-4-6-10-18-15/h3-10,20H,11-13H2,1-2H3. The van der Waals surface area contributed by atoms with Gasteiger partial charge in [0.15, 0.2) is 0 Å². The lowest BCUT2D eigenvalue weighted by Crippen LogP contribution is -2.38. The third-order valence-corrected chi connectivity index (χ3v) is 2.83. The van der Waals surface area contributed by atoms with Crippen LogP contribution in [0.5, 0.6) is 0 Å². The van der Waals surface area contributed by atoms with Gasteiger partial charge in [0.05, 0.1) is 17.0 Å². The zero-order valence-corrected chi connectivity index (χ0v) is 12.0. The predicted octanol–water partition coefficient (Wildman–Crippen LogP) is 2.25. The summed E-state index contributed by atoms with van der Waals surface area (Å²) < 4.78 is 0. The average Bonchev–Trinajstić information content (AvgIpc) is 2.39. The molecule has 0 unspecified atom stereocenters. The van der Waals surface area contributed by atoms with Crippen LogP contribution in [0.25, 0.3) is 0 Å². The molecule has 4 heteroatoms. The maximum absolute atomic E-state index is 10.1. The van der Waals surface area contributed by atoms with Crippen LogP contribution in [-0.2, 0) is 13.1 Å². The molecule has 20 heavy (non-hydrogen) atoms. The van der Waals surface area contributed by atoms with Gasteiger partial charge in [-0.1, -0.05) is 12.1 Å². The van der Waals surface area contributed by atoms with Gasteiger partial charge in [-0.2, -0.15) is 0 Å².